The van der Waals surface area contributed by atoms with Crippen LogP contribution in [0.3, 0.4) is 0 Å². The summed E-state index contributed by atoms with van der Waals surface area (Å²) in [7, 11) is 0. The highest BCUT2D eigenvalue weighted by atomic mass is 32.2. The molecule has 132 valence electrons. The highest BCUT2D eigenvalue weighted by Gasteiger charge is 2.33. The summed E-state index contributed by atoms with van der Waals surface area (Å²) in [4.78, 5) is 48.3. The predicted octanol–water partition coefficient (Wildman–Crippen LogP) is 0.883. The fraction of sp³-hybridized carbons (Fsp3) is 0.750. The lowest BCUT2D eigenvalue weighted by Crippen LogP contribution is -2.41. The fourth-order valence-electron chi connectivity index (χ4n) is 3.20. The van der Waals surface area contributed by atoms with Crippen LogP contribution in [-0.2, 0) is 14.4 Å². The summed E-state index contributed by atoms with van der Waals surface area (Å²) < 4.78 is 0. The van der Waals surface area contributed by atoms with Crippen LogP contribution in [0, 0.1) is 11.8 Å². The van der Waals surface area contributed by atoms with Gasteiger partial charge in [-0.1, -0.05) is 11.8 Å². The second-order valence-electron chi connectivity index (χ2n) is 6.72. The maximum atomic E-state index is 12.2. The molecular formula is C16H23N3O4S. The third-order valence-corrected chi connectivity index (χ3v) is 5.73. The minimum absolute atomic E-state index is 0.0338. The van der Waals surface area contributed by atoms with Gasteiger partial charge < -0.3 is 10.6 Å². The van der Waals surface area contributed by atoms with Crippen molar-refractivity contribution in [1.82, 2.24) is 15.5 Å². The molecule has 0 unspecified atom stereocenters. The van der Waals surface area contributed by atoms with Gasteiger partial charge in [0.25, 0.3) is 5.24 Å². The molecule has 1 aliphatic heterocycles. The average molecular weight is 353 g/mol. The number of imide groups is 1. The predicted molar refractivity (Wildman–Crippen MR) is 89.2 cm³/mol. The molecule has 0 aromatic rings. The van der Waals surface area contributed by atoms with E-state index in [0.717, 1.165) is 37.4 Å². The van der Waals surface area contributed by atoms with Crippen molar-refractivity contribution in [3.63, 3.8) is 0 Å². The summed E-state index contributed by atoms with van der Waals surface area (Å²) in [6.45, 7) is 0.522. The molecule has 0 spiro atoms. The van der Waals surface area contributed by atoms with Gasteiger partial charge in [-0.25, -0.2) is 0 Å². The van der Waals surface area contributed by atoms with Crippen molar-refractivity contribution >= 4 is 34.7 Å². The van der Waals surface area contributed by atoms with Gasteiger partial charge in [0.05, 0.1) is 5.75 Å². The fourth-order valence-corrected chi connectivity index (χ4v) is 3.95. The van der Waals surface area contributed by atoms with Crippen molar-refractivity contribution < 1.29 is 19.2 Å². The van der Waals surface area contributed by atoms with Gasteiger partial charge in [-0.2, -0.15) is 0 Å². The molecular weight excluding hydrogens is 330 g/mol. The Hall–Kier alpha value is -1.57. The van der Waals surface area contributed by atoms with Crippen LogP contribution in [0.5, 0.6) is 0 Å². The molecule has 0 radical (unpaired) electrons. The molecule has 1 heterocycles. The van der Waals surface area contributed by atoms with E-state index in [1.54, 1.807) is 0 Å². The Kier molecular flexibility index (Phi) is 5.43. The van der Waals surface area contributed by atoms with Crippen LogP contribution in [0.15, 0.2) is 0 Å². The number of carbonyl (C=O) groups excluding carboxylic acids is 4. The molecule has 8 heteroatoms. The number of rotatable bonds is 6. The van der Waals surface area contributed by atoms with Gasteiger partial charge in [0.2, 0.25) is 17.7 Å². The number of nitrogens with zero attached hydrogens (tertiary/aromatic N) is 1. The van der Waals surface area contributed by atoms with E-state index in [4.69, 9.17) is 0 Å². The average Bonchev–Trinajstić information content (AvgIpc) is 3.34. The minimum Gasteiger partial charge on any atom is -0.354 e. The maximum absolute atomic E-state index is 12.2. The van der Waals surface area contributed by atoms with E-state index in [2.05, 4.69) is 10.6 Å². The third-order valence-electron chi connectivity index (χ3n) is 4.87. The van der Waals surface area contributed by atoms with Gasteiger partial charge in [0.1, 0.15) is 0 Å². The van der Waals surface area contributed by atoms with Gasteiger partial charge in [-0.05, 0) is 38.5 Å². The number of amides is 4. The molecule has 3 rings (SSSR count). The van der Waals surface area contributed by atoms with Gasteiger partial charge in [0, 0.05) is 31.0 Å². The van der Waals surface area contributed by atoms with E-state index >= 15 is 0 Å². The zero-order valence-corrected chi connectivity index (χ0v) is 14.4. The SMILES string of the molecule is O=C1CSC(=O)N1CCNC(=O)[C@H]1CC[C@@H](C(=O)NC2CC2)CC1. The van der Waals surface area contributed by atoms with Crippen molar-refractivity contribution in [2.75, 3.05) is 18.8 Å². The van der Waals surface area contributed by atoms with Crippen molar-refractivity contribution in [2.24, 2.45) is 11.8 Å². The van der Waals surface area contributed by atoms with Crippen LogP contribution in [0.25, 0.3) is 0 Å². The summed E-state index contributed by atoms with van der Waals surface area (Å²) >= 11 is 0.999. The summed E-state index contributed by atoms with van der Waals surface area (Å²) in [5.41, 5.74) is 0. The Morgan fingerprint density at radius 2 is 1.62 bits per heavy atom. The van der Waals surface area contributed by atoms with E-state index in [0.29, 0.717) is 25.4 Å². The zero-order valence-electron chi connectivity index (χ0n) is 13.6. The van der Waals surface area contributed by atoms with Gasteiger partial charge >= 0.3 is 0 Å². The van der Waals surface area contributed by atoms with E-state index in [9.17, 15) is 19.2 Å². The highest BCUT2D eigenvalue weighted by molar-refractivity contribution is 8.14. The maximum Gasteiger partial charge on any atom is 0.288 e. The first-order chi connectivity index (χ1) is 11.5. The number of thioether (sulfide) groups is 1. The molecule has 0 atom stereocenters. The van der Waals surface area contributed by atoms with Crippen molar-refractivity contribution in [3.05, 3.63) is 0 Å². The lowest BCUT2D eigenvalue weighted by Gasteiger charge is -2.27. The summed E-state index contributed by atoms with van der Waals surface area (Å²) in [6.07, 6.45) is 5.10. The molecule has 0 aromatic heterocycles. The summed E-state index contributed by atoms with van der Waals surface area (Å²) in [5, 5.41) is 5.60. The number of nitrogens with one attached hydrogen (secondary N) is 2. The lowest BCUT2D eigenvalue weighted by molar-refractivity contribution is -0.130. The second kappa shape index (κ2) is 7.55. The smallest absolute Gasteiger partial charge is 0.288 e. The minimum atomic E-state index is -0.239. The van der Waals surface area contributed by atoms with Crippen LogP contribution >= 0.6 is 11.8 Å². The topological polar surface area (TPSA) is 95.6 Å². The largest absolute Gasteiger partial charge is 0.354 e. The number of carbonyl (C=O) groups is 4. The Balaban J connectivity index is 1.35. The Bertz CT molecular complexity index is 525. The van der Waals surface area contributed by atoms with Gasteiger partial charge in [-0.15, -0.1) is 0 Å². The monoisotopic (exact) mass is 353 g/mol. The van der Waals surface area contributed by atoms with Gasteiger partial charge in [-0.3, -0.25) is 24.1 Å². The second-order valence-corrected chi connectivity index (χ2v) is 7.65. The van der Waals surface area contributed by atoms with Crippen molar-refractivity contribution in [3.8, 4) is 0 Å². The molecule has 4 amide bonds. The van der Waals surface area contributed by atoms with E-state index < -0.39 is 0 Å². The first-order valence-electron chi connectivity index (χ1n) is 8.60. The molecule has 2 saturated carbocycles. The zero-order chi connectivity index (χ0) is 17.1. The standard InChI is InChI=1S/C16H23N3O4S/c20-13-9-24-16(23)19(13)8-7-17-14(21)10-1-3-11(4-2-10)15(22)18-12-5-6-12/h10-12H,1-9H2,(H,17,21)(H,18,22)/t10-,11+. The van der Waals surface area contributed by atoms with E-state index in [-0.39, 0.29) is 47.1 Å². The Morgan fingerprint density at radius 1 is 1.00 bits per heavy atom. The molecule has 2 aliphatic carbocycles. The molecule has 7 nitrogen and oxygen atoms in total. The van der Waals surface area contributed by atoms with Crippen LogP contribution in [0.2, 0.25) is 0 Å². The normalized spacial score (nSPS) is 27.2. The molecule has 3 fully saturated rings. The van der Waals surface area contributed by atoms with Crippen molar-refractivity contribution in [1.29, 1.82) is 0 Å². The Morgan fingerprint density at radius 3 is 2.17 bits per heavy atom. The first-order valence-corrected chi connectivity index (χ1v) is 9.58. The summed E-state index contributed by atoms with van der Waals surface area (Å²) in [6, 6.07) is 0.382. The third kappa shape index (κ3) is 4.28. The number of hydrogen-bond acceptors (Lipinski definition) is 5. The van der Waals surface area contributed by atoms with E-state index in [1.165, 1.54) is 4.90 Å². The van der Waals surface area contributed by atoms with Crippen LogP contribution in [-0.4, -0.2) is 52.7 Å². The van der Waals surface area contributed by atoms with Crippen LogP contribution in [0.1, 0.15) is 38.5 Å². The molecule has 0 bridgehead atoms. The molecule has 3 aliphatic rings. The highest BCUT2D eigenvalue weighted by Crippen LogP contribution is 2.30. The molecule has 1 saturated heterocycles. The molecule has 2 N–H and O–H groups in total. The first kappa shape index (κ1) is 17.3. The lowest BCUT2D eigenvalue weighted by atomic mass is 9.81. The van der Waals surface area contributed by atoms with E-state index in [1.807, 2.05) is 0 Å². The molecule has 24 heavy (non-hydrogen) atoms. The molecule has 0 aromatic carbocycles. The Labute approximate surface area is 145 Å². The van der Waals surface area contributed by atoms with Crippen LogP contribution < -0.4 is 10.6 Å². The number of hydrogen-bond donors (Lipinski definition) is 2. The summed E-state index contributed by atoms with van der Waals surface area (Å²) in [5.74, 6) is 0.0599. The van der Waals surface area contributed by atoms with Gasteiger partial charge in [0.15, 0.2) is 0 Å². The van der Waals surface area contributed by atoms with Crippen LogP contribution in [0.4, 0.5) is 4.79 Å². The quantitative estimate of drug-likeness (QED) is 0.739. The van der Waals surface area contributed by atoms with Crippen molar-refractivity contribution in [2.45, 2.75) is 44.6 Å².